The molecule has 0 heterocycles. The molecule has 1 aromatic carbocycles. The standard InChI is InChI=1S/C16H23NO7S/c1-16(2,3)24-14(18)9-13(15(19)20)17-25(21,22)12-7-5-6-11(8-12)10-23-4/h5-8,13,17H,9-10H2,1-4H3,(H,19,20)/t13-/m0/s1. The summed E-state index contributed by atoms with van der Waals surface area (Å²) in [5.41, 5.74) is -0.183. The van der Waals surface area contributed by atoms with Crippen molar-refractivity contribution in [2.75, 3.05) is 7.11 Å². The molecule has 1 rings (SSSR count). The van der Waals surface area contributed by atoms with E-state index in [4.69, 9.17) is 9.47 Å². The van der Waals surface area contributed by atoms with E-state index >= 15 is 0 Å². The normalized spacial score (nSPS) is 13.3. The van der Waals surface area contributed by atoms with Crippen molar-refractivity contribution in [2.24, 2.45) is 0 Å². The lowest BCUT2D eigenvalue weighted by molar-refractivity contribution is -0.158. The SMILES string of the molecule is COCc1cccc(S(=O)(=O)N[C@@H](CC(=O)OC(C)(C)C)C(=O)O)c1. The van der Waals surface area contributed by atoms with E-state index in [-0.39, 0.29) is 11.5 Å². The molecule has 0 aliphatic carbocycles. The quantitative estimate of drug-likeness (QED) is 0.659. The number of esters is 1. The third kappa shape index (κ3) is 7.20. The number of rotatable bonds is 8. The van der Waals surface area contributed by atoms with E-state index < -0.39 is 40.0 Å². The molecule has 0 unspecified atom stereocenters. The minimum atomic E-state index is -4.13. The summed E-state index contributed by atoms with van der Waals surface area (Å²) in [4.78, 5) is 23.0. The van der Waals surface area contributed by atoms with Crippen LogP contribution in [0.3, 0.4) is 0 Å². The summed E-state index contributed by atoms with van der Waals surface area (Å²) >= 11 is 0. The van der Waals surface area contributed by atoms with Crippen molar-refractivity contribution in [3.8, 4) is 0 Å². The Bertz CT molecular complexity index is 722. The number of aliphatic carboxylic acids is 1. The highest BCUT2D eigenvalue weighted by Crippen LogP contribution is 2.15. The van der Waals surface area contributed by atoms with Gasteiger partial charge in [0.2, 0.25) is 10.0 Å². The number of methoxy groups -OCH3 is 1. The van der Waals surface area contributed by atoms with Crippen LogP contribution in [0.25, 0.3) is 0 Å². The second-order valence-electron chi connectivity index (χ2n) is 6.38. The Morgan fingerprint density at radius 1 is 1.28 bits per heavy atom. The average Bonchev–Trinajstić information content (AvgIpc) is 2.45. The summed E-state index contributed by atoms with van der Waals surface area (Å²) in [7, 11) is -2.66. The van der Waals surface area contributed by atoms with Gasteiger partial charge in [-0.15, -0.1) is 0 Å². The van der Waals surface area contributed by atoms with Crippen LogP contribution in [0.15, 0.2) is 29.2 Å². The number of carbonyl (C=O) groups is 2. The number of nitrogens with one attached hydrogen (secondary N) is 1. The zero-order valence-corrected chi connectivity index (χ0v) is 15.4. The fourth-order valence-corrected chi connectivity index (χ4v) is 3.21. The Hall–Kier alpha value is -1.97. The van der Waals surface area contributed by atoms with Crippen LogP contribution in [-0.4, -0.2) is 44.2 Å². The molecule has 0 aliphatic heterocycles. The van der Waals surface area contributed by atoms with E-state index in [1.807, 2.05) is 4.72 Å². The maximum Gasteiger partial charge on any atom is 0.322 e. The first kappa shape index (κ1) is 21.1. The molecule has 1 aromatic rings. The average molecular weight is 373 g/mol. The molecule has 2 N–H and O–H groups in total. The third-order valence-corrected chi connectivity index (χ3v) is 4.38. The van der Waals surface area contributed by atoms with Crippen LogP contribution in [0.1, 0.15) is 32.8 Å². The first-order valence-corrected chi connectivity index (χ1v) is 8.98. The second-order valence-corrected chi connectivity index (χ2v) is 8.10. The van der Waals surface area contributed by atoms with E-state index in [9.17, 15) is 23.1 Å². The Kier molecular flexibility index (Phi) is 7.09. The fourth-order valence-electron chi connectivity index (χ4n) is 1.95. The molecule has 0 amide bonds. The summed E-state index contributed by atoms with van der Waals surface area (Å²) in [6.45, 7) is 5.11. The number of hydrogen-bond donors (Lipinski definition) is 2. The van der Waals surface area contributed by atoms with Crippen LogP contribution in [0.5, 0.6) is 0 Å². The maximum absolute atomic E-state index is 12.4. The molecular weight excluding hydrogens is 350 g/mol. The molecule has 0 spiro atoms. The molecule has 8 nitrogen and oxygen atoms in total. The van der Waals surface area contributed by atoms with Gasteiger partial charge in [-0.1, -0.05) is 12.1 Å². The van der Waals surface area contributed by atoms with Crippen molar-refractivity contribution in [3.63, 3.8) is 0 Å². The van der Waals surface area contributed by atoms with Gasteiger partial charge < -0.3 is 14.6 Å². The summed E-state index contributed by atoms with van der Waals surface area (Å²) in [6, 6.07) is 4.27. The minimum Gasteiger partial charge on any atom is -0.480 e. The lowest BCUT2D eigenvalue weighted by Crippen LogP contribution is -2.43. The van der Waals surface area contributed by atoms with Gasteiger partial charge in [-0.25, -0.2) is 8.42 Å². The first-order chi connectivity index (χ1) is 11.4. The number of ether oxygens (including phenoxy) is 2. The van der Waals surface area contributed by atoms with Gasteiger partial charge in [0, 0.05) is 7.11 Å². The van der Waals surface area contributed by atoms with Crippen molar-refractivity contribution in [3.05, 3.63) is 29.8 Å². The zero-order valence-electron chi connectivity index (χ0n) is 14.6. The Balaban J connectivity index is 2.95. The van der Waals surface area contributed by atoms with Crippen molar-refractivity contribution in [1.29, 1.82) is 0 Å². The van der Waals surface area contributed by atoms with Crippen LogP contribution in [0.2, 0.25) is 0 Å². The molecule has 0 fully saturated rings. The van der Waals surface area contributed by atoms with Crippen molar-refractivity contribution >= 4 is 22.0 Å². The molecule has 0 aromatic heterocycles. The van der Waals surface area contributed by atoms with Crippen LogP contribution < -0.4 is 4.72 Å². The van der Waals surface area contributed by atoms with Gasteiger partial charge in [-0.05, 0) is 38.5 Å². The summed E-state index contributed by atoms with van der Waals surface area (Å²) < 4.78 is 36.8. The minimum absolute atomic E-state index is 0.113. The highest BCUT2D eigenvalue weighted by Gasteiger charge is 2.29. The van der Waals surface area contributed by atoms with E-state index in [1.165, 1.54) is 25.3 Å². The van der Waals surface area contributed by atoms with E-state index in [1.54, 1.807) is 26.8 Å². The third-order valence-electron chi connectivity index (χ3n) is 2.91. The van der Waals surface area contributed by atoms with Gasteiger partial charge in [-0.2, -0.15) is 4.72 Å². The number of carbonyl (C=O) groups excluding carboxylic acids is 1. The smallest absolute Gasteiger partial charge is 0.322 e. The monoisotopic (exact) mass is 373 g/mol. The largest absolute Gasteiger partial charge is 0.480 e. The highest BCUT2D eigenvalue weighted by atomic mass is 32.2. The van der Waals surface area contributed by atoms with Crippen molar-refractivity contribution < 1.29 is 32.6 Å². The molecule has 140 valence electrons. The summed E-state index contributed by atoms with van der Waals surface area (Å²) in [5, 5.41) is 9.21. The lowest BCUT2D eigenvalue weighted by Gasteiger charge is -2.21. The predicted molar refractivity (Wildman–Crippen MR) is 89.4 cm³/mol. The number of carboxylic acids is 1. The van der Waals surface area contributed by atoms with Crippen molar-refractivity contribution in [2.45, 2.75) is 50.3 Å². The molecule has 0 bridgehead atoms. The van der Waals surface area contributed by atoms with Crippen LogP contribution in [-0.2, 0) is 35.7 Å². The van der Waals surface area contributed by atoms with Crippen LogP contribution in [0.4, 0.5) is 0 Å². The Morgan fingerprint density at radius 2 is 1.92 bits per heavy atom. The highest BCUT2D eigenvalue weighted by molar-refractivity contribution is 7.89. The second kappa shape index (κ2) is 8.41. The first-order valence-electron chi connectivity index (χ1n) is 7.49. The fraction of sp³-hybridized carbons (Fsp3) is 0.500. The van der Waals surface area contributed by atoms with Gasteiger partial charge in [-0.3, -0.25) is 9.59 Å². The molecule has 0 aliphatic rings. The number of benzene rings is 1. The molecule has 0 saturated heterocycles. The molecule has 0 saturated carbocycles. The Morgan fingerprint density at radius 3 is 2.44 bits per heavy atom. The van der Waals surface area contributed by atoms with Gasteiger partial charge in [0.25, 0.3) is 0 Å². The number of sulfonamides is 1. The summed E-state index contributed by atoms with van der Waals surface area (Å²) in [5.74, 6) is -2.28. The van der Waals surface area contributed by atoms with Gasteiger partial charge in [0.15, 0.2) is 0 Å². The van der Waals surface area contributed by atoms with Crippen LogP contribution >= 0.6 is 0 Å². The number of carboxylic acid groups (broad SMARTS) is 1. The molecular formula is C16H23NO7S. The number of hydrogen-bond acceptors (Lipinski definition) is 6. The van der Waals surface area contributed by atoms with Gasteiger partial charge >= 0.3 is 11.9 Å². The van der Waals surface area contributed by atoms with Crippen LogP contribution in [0, 0.1) is 0 Å². The van der Waals surface area contributed by atoms with Gasteiger partial charge in [0.05, 0.1) is 17.9 Å². The molecule has 9 heteroatoms. The topological polar surface area (TPSA) is 119 Å². The van der Waals surface area contributed by atoms with Crippen molar-refractivity contribution in [1.82, 2.24) is 4.72 Å². The zero-order chi connectivity index (χ0) is 19.3. The van der Waals surface area contributed by atoms with E-state index in [2.05, 4.69) is 0 Å². The molecule has 1 atom stereocenters. The maximum atomic E-state index is 12.4. The molecule has 25 heavy (non-hydrogen) atoms. The van der Waals surface area contributed by atoms with E-state index in [0.29, 0.717) is 5.56 Å². The molecule has 0 radical (unpaired) electrons. The lowest BCUT2D eigenvalue weighted by atomic mass is 10.2. The predicted octanol–water partition coefficient (Wildman–Crippen LogP) is 1.30. The van der Waals surface area contributed by atoms with Gasteiger partial charge in [0.1, 0.15) is 11.6 Å². The Labute approximate surface area is 147 Å². The summed E-state index contributed by atoms with van der Waals surface area (Å²) in [6.07, 6.45) is -0.621. The van der Waals surface area contributed by atoms with E-state index in [0.717, 1.165) is 0 Å².